The van der Waals surface area contributed by atoms with Gasteiger partial charge in [-0.05, 0) is 43.3 Å². The number of ether oxygens (including phenoxy) is 2. The van der Waals surface area contributed by atoms with Crippen LogP contribution in [0.2, 0.25) is 0 Å². The highest BCUT2D eigenvalue weighted by Crippen LogP contribution is 2.23. The van der Waals surface area contributed by atoms with Gasteiger partial charge in [0, 0.05) is 12.6 Å². The van der Waals surface area contributed by atoms with Crippen molar-refractivity contribution in [3.8, 4) is 17.4 Å². The zero-order valence-electron chi connectivity index (χ0n) is 12.9. The summed E-state index contributed by atoms with van der Waals surface area (Å²) in [5, 5.41) is 6.05. The summed E-state index contributed by atoms with van der Waals surface area (Å²) in [6.07, 6.45) is 2.47. The van der Waals surface area contributed by atoms with Crippen LogP contribution in [0.1, 0.15) is 6.42 Å². The zero-order valence-corrected chi connectivity index (χ0v) is 12.9. The molecule has 1 aromatic heterocycles. The molecule has 2 N–H and O–H groups in total. The minimum Gasteiger partial charge on any atom is -0.497 e. The predicted octanol–water partition coefficient (Wildman–Crippen LogP) is 2.43. The van der Waals surface area contributed by atoms with Gasteiger partial charge >= 0.3 is 0 Å². The number of methoxy groups -OCH3 is 1. The second-order valence-electron chi connectivity index (χ2n) is 5.34. The molecule has 1 saturated heterocycles. The van der Waals surface area contributed by atoms with E-state index in [1.54, 1.807) is 25.4 Å². The van der Waals surface area contributed by atoms with Crippen LogP contribution in [0.25, 0.3) is 0 Å². The van der Waals surface area contributed by atoms with E-state index in [4.69, 9.17) is 9.47 Å². The summed E-state index contributed by atoms with van der Waals surface area (Å²) < 4.78 is 10.7. The summed E-state index contributed by atoms with van der Waals surface area (Å²) in [5.41, 5.74) is 0.670. The number of amides is 1. The number of benzene rings is 1. The van der Waals surface area contributed by atoms with Crippen LogP contribution < -0.4 is 20.1 Å². The molecule has 1 aliphatic rings. The van der Waals surface area contributed by atoms with Gasteiger partial charge in [-0.3, -0.25) is 4.79 Å². The molecular weight excluding hydrogens is 294 g/mol. The normalized spacial score (nSPS) is 16.8. The second-order valence-corrected chi connectivity index (χ2v) is 5.34. The minimum absolute atomic E-state index is 0.0284. The molecule has 1 unspecified atom stereocenters. The van der Waals surface area contributed by atoms with Gasteiger partial charge in [0.25, 0.3) is 0 Å². The van der Waals surface area contributed by atoms with Gasteiger partial charge in [0.2, 0.25) is 11.8 Å². The fraction of sp³-hybridized carbons (Fsp3) is 0.294. The quantitative estimate of drug-likeness (QED) is 0.887. The third-order valence-corrected chi connectivity index (χ3v) is 3.72. The Hall–Kier alpha value is -2.60. The van der Waals surface area contributed by atoms with E-state index in [0.29, 0.717) is 17.3 Å². The number of carbonyl (C=O) groups is 1. The summed E-state index contributed by atoms with van der Waals surface area (Å²) >= 11 is 0. The van der Waals surface area contributed by atoms with Crippen molar-refractivity contribution in [2.75, 3.05) is 25.5 Å². The summed E-state index contributed by atoms with van der Waals surface area (Å²) in [6, 6.07) is 10.8. The molecule has 1 fully saturated rings. The van der Waals surface area contributed by atoms with Gasteiger partial charge in [-0.25, -0.2) is 4.98 Å². The average Bonchev–Trinajstić information content (AvgIpc) is 3.12. The number of pyridine rings is 1. The Kier molecular flexibility index (Phi) is 4.73. The fourth-order valence-electron chi connectivity index (χ4n) is 2.40. The first-order valence-corrected chi connectivity index (χ1v) is 7.54. The molecule has 1 aromatic carbocycles. The summed E-state index contributed by atoms with van der Waals surface area (Å²) in [5.74, 6) is 1.97. The van der Waals surface area contributed by atoms with Gasteiger partial charge in [-0.1, -0.05) is 0 Å². The highest BCUT2D eigenvalue weighted by atomic mass is 16.5. The zero-order chi connectivity index (χ0) is 16.1. The third-order valence-electron chi connectivity index (χ3n) is 3.72. The number of anilines is 1. The van der Waals surface area contributed by atoms with E-state index < -0.39 is 0 Å². The number of hydrogen-bond acceptors (Lipinski definition) is 5. The SMILES string of the molecule is COc1ccc(Oc2ccc(NC(=O)C3CCNC3)cn2)cc1. The van der Waals surface area contributed by atoms with Gasteiger partial charge in [0.15, 0.2) is 0 Å². The maximum Gasteiger partial charge on any atom is 0.228 e. The average molecular weight is 313 g/mol. The van der Waals surface area contributed by atoms with Gasteiger partial charge in [0.1, 0.15) is 11.5 Å². The lowest BCUT2D eigenvalue weighted by molar-refractivity contribution is -0.119. The first-order valence-electron chi connectivity index (χ1n) is 7.54. The van der Waals surface area contributed by atoms with Crippen LogP contribution in [0.5, 0.6) is 17.4 Å². The third kappa shape index (κ3) is 3.98. The van der Waals surface area contributed by atoms with Crippen LogP contribution in [-0.4, -0.2) is 31.1 Å². The Bertz CT molecular complexity index is 650. The number of hydrogen-bond donors (Lipinski definition) is 2. The lowest BCUT2D eigenvalue weighted by atomic mass is 10.1. The molecule has 2 heterocycles. The largest absolute Gasteiger partial charge is 0.497 e. The highest BCUT2D eigenvalue weighted by Gasteiger charge is 2.22. The van der Waals surface area contributed by atoms with Gasteiger partial charge in [-0.2, -0.15) is 0 Å². The van der Waals surface area contributed by atoms with Gasteiger partial charge in [-0.15, -0.1) is 0 Å². The van der Waals surface area contributed by atoms with Crippen molar-refractivity contribution < 1.29 is 14.3 Å². The van der Waals surface area contributed by atoms with Gasteiger partial charge < -0.3 is 20.1 Å². The number of nitrogens with one attached hydrogen (secondary N) is 2. The molecule has 1 aliphatic heterocycles. The van der Waals surface area contributed by atoms with Crippen LogP contribution in [0.3, 0.4) is 0 Å². The van der Waals surface area contributed by atoms with E-state index in [1.807, 2.05) is 24.3 Å². The van der Waals surface area contributed by atoms with Crippen molar-refractivity contribution in [2.45, 2.75) is 6.42 Å². The molecule has 0 radical (unpaired) electrons. The summed E-state index contributed by atoms with van der Waals surface area (Å²) in [4.78, 5) is 16.2. The Morgan fingerprint density at radius 3 is 2.61 bits per heavy atom. The molecular formula is C17H19N3O3. The van der Waals surface area contributed by atoms with Gasteiger partial charge in [0.05, 0.1) is 24.9 Å². The van der Waals surface area contributed by atoms with Crippen LogP contribution in [0.15, 0.2) is 42.6 Å². The molecule has 0 saturated carbocycles. The molecule has 0 spiro atoms. The van der Waals surface area contributed by atoms with Crippen molar-refractivity contribution in [1.82, 2.24) is 10.3 Å². The number of rotatable bonds is 5. The first-order chi connectivity index (χ1) is 11.2. The van der Waals surface area contributed by atoms with Crippen molar-refractivity contribution in [1.29, 1.82) is 0 Å². The topological polar surface area (TPSA) is 72.5 Å². The lowest BCUT2D eigenvalue weighted by Gasteiger charge is -2.10. The Labute approximate surface area is 134 Å². The standard InChI is InChI=1S/C17H19N3O3/c1-22-14-3-5-15(6-4-14)23-16-7-2-13(11-19-16)20-17(21)12-8-9-18-10-12/h2-7,11-12,18H,8-10H2,1H3,(H,20,21). The van der Waals surface area contributed by atoms with Crippen molar-refractivity contribution >= 4 is 11.6 Å². The Morgan fingerprint density at radius 2 is 2.00 bits per heavy atom. The van der Waals surface area contributed by atoms with E-state index in [2.05, 4.69) is 15.6 Å². The van der Waals surface area contributed by atoms with Crippen molar-refractivity contribution in [3.05, 3.63) is 42.6 Å². The number of carbonyl (C=O) groups excluding carboxylic acids is 1. The summed E-state index contributed by atoms with van der Waals surface area (Å²) in [7, 11) is 1.62. The molecule has 3 rings (SSSR count). The first kappa shape index (κ1) is 15.3. The molecule has 2 aromatic rings. The van der Waals surface area contributed by atoms with E-state index in [0.717, 1.165) is 25.3 Å². The maximum atomic E-state index is 12.0. The van der Waals surface area contributed by atoms with E-state index in [9.17, 15) is 4.79 Å². The number of aromatic nitrogens is 1. The monoisotopic (exact) mass is 313 g/mol. The van der Waals surface area contributed by atoms with E-state index >= 15 is 0 Å². The fourth-order valence-corrected chi connectivity index (χ4v) is 2.40. The van der Waals surface area contributed by atoms with Crippen LogP contribution in [0, 0.1) is 5.92 Å². The molecule has 0 aliphatic carbocycles. The molecule has 120 valence electrons. The van der Waals surface area contributed by atoms with Crippen LogP contribution >= 0.6 is 0 Å². The summed E-state index contributed by atoms with van der Waals surface area (Å²) in [6.45, 7) is 1.63. The van der Waals surface area contributed by atoms with Crippen LogP contribution in [0.4, 0.5) is 5.69 Å². The van der Waals surface area contributed by atoms with Crippen molar-refractivity contribution in [3.63, 3.8) is 0 Å². The smallest absolute Gasteiger partial charge is 0.228 e. The lowest BCUT2D eigenvalue weighted by Crippen LogP contribution is -2.24. The predicted molar refractivity (Wildman–Crippen MR) is 86.9 cm³/mol. The molecule has 6 nitrogen and oxygen atoms in total. The molecule has 1 amide bonds. The maximum absolute atomic E-state index is 12.0. The molecule has 1 atom stereocenters. The highest BCUT2D eigenvalue weighted by molar-refractivity contribution is 5.92. The molecule has 23 heavy (non-hydrogen) atoms. The number of nitrogens with zero attached hydrogens (tertiary/aromatic N) is 1. The van der Waals surface area contributed by atoms with Crippen LogP contribution in [-0.2, 0) is 4.79 Å². The molecule has 6 heteroatoms. The molecule has 0 bridgehead atoms. The Balaban J connectivity index is 1.58. The van der Waals surface area contributed by atoms with E-state index in [1.165, 1.54) is 0 Å². The van der Waals surface area contributed by atoms with Crippen molar-refractivity contribution in [2.24, 2.45) is 5.92 Å². The second kappa shape index (κ2) is 7.11. The Morgan fingerprint density at radius 1 is 1.22 bits per heavy atom. The van der Waals surface area contributed by atoms with E-state index in [-0.39, 0.29) is 11.8 Å². The minimum atomic E-state index is 0.0284.